The van der Waals surface area contributed by atoms with E-state index in [1.54, 1.807) is 11.9 Å². The summed E-state index contributed by atoms with van der Waals surface area (Å²) in [7, 11) is 1.72. The number of rotatable bonds is 4. The molecule has 0 unspecified atom stereocenters. The van der Waals surface area contributed by atoms with Gasteiger partial charge >= 0.3 is 6.03 Å². The van der Waals surface area contributed by atoms with Gasteiger partial charge in [-0.2, -0.15) is 0 Å². The molecule has 0 spiro atoms. The highest BCUT2D eigenvalue weighted by Gasteiger charge is 2.24. The van der Waals surface area contributed by atoms with Crippen molar-refractivity contribution in [2.24, 2.45) is 0 Å². The molecule has 6 nitrogen and oxygen atoms in total. The summed E-state index contributed by atoms with van der Waals surface area (Å²) in [4.78, 5) is 25.2. The van der Waals surface area contributed by atoms with E-state index in [0.29, 0.717) is 18.8 Å². The van der Waals surface area contributed by atoms with Crippen LogP contribution in [0.3, 0.4) is 0 Å². The molecule has 0 saturated heterocycles. The third kappa shape index (κ3) is 3.08. The Morgan fingerprint density at radius 2 is 2.15 bits per heavy atom. The van der Waals surface area contributed by atoms with Gasteiger partial charge < -0.3 is 16.0 Å². The summed E-state index contributed by atoms with van der Waals surface area (Å²) >= 11 is 0. The van der Waals surface area contributed by atoms with Crippen LogP contribution < -0.4 is 20.9 Å². The zero-order chi connectivity index (χ0) is 14.5. The number of amides is 3. The van der Waals surface area contributed by atoms with Gasteiger partial charge in [0.15, 0.2) is 0 Å². The zero-order valence-electron chi connectivity index (χ0n) is 11.8. The van der Waals surface area contributed by atoms with Crippen molar-refractivity contribution in [2.75, 3.05) is 36.9 Å². The number of urea groups is 1. The Labute approximate surface area is 118 Å². The molecule has 0 aromatic heterocycles. The quantitative estimate of drug-likeness (QED) is 0.766. The van der Waals surface area contributed by atoms with Gasteiger partial charge in [-0.15, -0.1) is 0 Å². The molecule has 0 bridgehead atoms. The second-order valence-corrected chi connectivity index (χ2v) is 4.66. The third-order valence-corrected chi connectivity index (χ3v) is 3.18. The van der Waals surface area contributed by atoms with E-state index in [0.717, 1.165) is 17.7 Å². The lowest BCUT2D eigenvalue weighted by Gasteiger charge is -2.18. The summed E-state index contributed by atoms with van der Waals surface area (Å²) in [6, 6.07) is 5.59. The van der Waals surface area contributed by atoms with Crippen molar-refractivity contribution in [3.8, 4) is 0 Å². The number of hydrogen-bond acceptors (Lipinski definition) is 3. The summed E-state index contributed by atoms with van der Waals surface area (Å²) in [5.74, 6) is -0.102. The lowest BCUT2D eigenvalue weighted by Crippen LogP contribution is -2.38. The van der Waals surface area contributed by atoms with E-state index >= 15 is 0 Å². The number of likely N-dealkylation sites (N-methyl/N-ethyl adjacent to an activating group) is 1. The lowest BCUT2D eigenvalue weighted by molar-refractivity contribution is -0.115. The minimum absolute atomic E-state index is 0.0926. The van der Waals surface area contributed by atoms with Gasteiger partial charge in [-0.3, -0.25) is 9.69 Å². The molecule has 0 atom stereocenters. The Morgan fingerprint density at radius 3 is 2.85 bits per heavy atom. The Morgan fingerprint density at radius 1 is 1.35 bits per heavy atom. The van der Waals surface area contributed by atoms with Gasteiger partial charge in [0.25, 0.3) is 0 Å². The van der Waals surface area contributed by atoms with Crippen molar-refractivity contribution in [3.05, 3.63) is 23.8 Å². The van der Waals surface area contributed by atoms with Crippen LogP contribution in [0, 0.1) is 0 Å². The lowest BCUT2D eigenvalue weighted by atomic mass is 10.1. The Hall–Kier alpha value is -2.08. The second-order valence-electron chi connectivity index (χ2n) is 4.66. The molecule has 3 N–H and O–H groups in total. The predicted octanol–water partition coefficient (Wildman–Crippen LogP) is 0.936. The van der Waals surface area contributed by atoms with Crippen LogP contribution in [0.15, 0.2) is 18.2 Å². The van der Waals surface area contributed by atoms with Gasteiger partial charge in [0.1, 0.15) is 0 Å². The van der Waals surface area contributed by atoms with Gasteiger partial charge in [-0.1, -0.05) is 6.07 Å². The van der Waals surface area contributed by atoms with Crippen molar-refractivity contribution < 1.29 is 9.59 Å². The molecule has 1 aliphatic heterocycles. The fourth-order valence-corrected chi connectivity index (χ4v) is 2.28. The van der Waals surface area contributed by atoms with E-state index in [2.05, 4.69) is 16.0 Å². The zero-order valence-corrected chi connectivity index (χ0v) is 11.8. The first-order chi connectivity index (χ1) is 9.65. The third-order valence-electron chi connectivity index (χ3n) is 3.18. The van der Waals surface area contributed by atoms with Crippen molar-refractivity contribution in [1.29, 1.82) is 0 Å². The van der Waals surface area contributed by atoms with Gasteiger partial charge in [0, 0.05) is 18.8 Å². The second kappa shape index (κ2) is 6.38. The highest BCUT2D eigenvalue weighted by Crippen LogP contribution is 2.30. The molecule has 0 fully saturated rings. The Kier molecular flexibility index (Phi) is 4.57. The monoisotopic (exact) mass is 276 g/mol. The number of hydrogen-bond donors (Lipinski definition) is 3. The molecule has 1 aromatic rings. The Balaban J connectivity index is 2.15. The van der Waals surface area contributed by atoms with Crippen LogP contribution in [-0.4, -0.2) is 38.6 Å². The summed E-state index contributed by atoms with van der Waals surface area (Å²) < 4.78 is 0. The number of benzene rings is 1. The molecule has 108 valence electrons. The number of fused-ring (bicyclic) bond motifs is 1. The van der Waals surface area contributed by atoms with Gasteiger partial charge in [0.05, 0.1) is 12.2 Å². The molecule has 6 heteroatoms. The van der Waals surface area contributed by atoms with Gasteiger partial charge in [-0.25, -0.2) is 4.79 Å². The summed E-state index contributed by atoms with van der Waals surface area (Å²) in [5.41, 5.74) is 2.71. The minimum Gasteiger partial charge on any atom is -0.338 e. The molecule has 0 aliphatic carbocycles. The number of nitrogens with one attached hydrogen (secondary N) is 3. The molecule has 3 amide bonds. The van der Waals surface area contributed by atoms with Crippen molar-refractivity contribution in [3.63, 3.8) is 0 Å². The average molecular weight is 276 g/mol. The number of carbonyl (C=O) groups is 2. The van der Waals surface area contributed by atoms with Crippen molar-refractivity contribution in [1.82, 2.24) is 10.6 Å². The van der Waals surface area contributed by atoms with Crippen LogP contribution in [0.1, 0.15) is 12.5 Å². The molecule has 1 aromatic carbocycles. The van der Waals surface area contributed by atoms with E-state index < -0.39 is 0 Å². The molecule has 0 saturated carbocycles. The van der Waals surface area contributed by atoms with E-state index in [9.17, 15) is 9.59 Å². The largest absolute Gasteiger partial charge is 0.338 e. The van der Waals surface area contributed by atoms with Gasteiger partial charge in [-0.05, 0) is 38.1 Å². The maximum absolute atomic E-state index is 12.0. The normalized spacial score (nSPS) is 13.0. The predicted molar refractivity (Wildman–Crippen MR) is 79.1 cm³/mol. The van der Waals surface area contributed by atoms with Crippen LogP contribution in [0.2, 0.25) is 0 Å². The minimum atomic E-state index is -0.102. The number of nitrogens with zero attached hydrogens (tertiary/aromatic N) is 1. The van der Waals surface area contributed by atoms with Crippen LogP contribution in [0.25, 0.3) is 0 Å². The van der Waals surface area contributed by atoms with Crippen LogP contribution in [0.5, 0.6) is 0 Å². The smallest absolute Gasteiger partial charge is 0.321 e. The number of anilines is 2. The summed E-state index contributed by atoms with van der Waals surface area (Å²) in [5, 5.41) is 8.40. The molecule has 2 rings (SSSR count). The van der Waals surface area contributed by atoms with E-state index in [1.165, 1.54) is 0 Å². The fraction of sp³-hybridized carbons (Fsp3) is 0.429. The molecule has 20 heavy (non-hydrogen) atoms. The fourth-order valence-electron chi connectivity index (χ4n) is 2.28. The van der Waals surface area contributed by atoms with Crippen molar-refractivity contribution >= 4 is 23.3 Å². The molecule has 0 radical (unpaired) electrons. The average Bonchev–Trinajstić information content (AvgIpc) is 2.82. The summed E-state index contributed by atoms with van der Waals surface area (Å²) in [6.07, 6.45) is 0.844. The molecular weight excluding hydrogens is 256 g/mol. The van der Waals surface area contributed by atoms with Crippen LogP contribution in [-0.2, 0) is 11.2 Å². The maximum Gasteiger partial charge on any atom is 0.321 e. The van der Waals surface area contributed by atoms with Crippen LogP contribution in [0.4, 0.5) is 16.2 Å². The standard InChI is InChI=1S/C14H20N4O2/c1-3-16-14(20)18-7-6-10-4-5-11(8-12(10)18)17-13(19)9-15-2/h4-5,8,15H,3,6-7,9H2,1-2H3,(H,16,20)(H,17,19). The summed E-state index contributed by atoms with van der Waals surface area (Å²) in [6.45, 7) is 3.43. The first kappa shape index (κ1) is 14.3. The van der Waals surface area contributed by atoms with E-state index in [4.69, 9.17) is 0 Å². The topological polar surface area (TPSA) is 73.5 Å². The van der Waals surface area contributed by atoms with Crippen molar-refractivity contribution in [2.45, 2.75) is 13.3 Å². The van der Waals surface area contributed by atoms with Crippen LogP contribution >= 0.6 is 0 Å². The van der Waals surface area contributed by atoms with E-state index in [-0.39, 0.29) is 18.5 Å². The highest BCUT2D eigenvalue weighted by molar-refractivity contribution is 5.97. The highest BCUT2D eigenvalue weighted by atomic mass is 16.2. The molecule has 1 aliphatic rings. The first-order valence-corrected chi connectivity index (χ1v) is 6.78. The van der Waals surface area contributed by atoms with Gasteiger partial charge in [0.2, 0.25) is 5.91 Å². The molecular formula is C14H20N4O2. The maximum atomic E-state index is 12.0. The Bertz CT molecular complexity index is 516. The van der Waals surface area contributed by atoms with E-state index in [1.807, 2.05) is 25.1 Å². The molecule has 1 heterocycles. The SMILES string of the molecule is CCNC(=O)N1CCc2ccc(NC(=O)CNC)cc21. The number of carbonyl (C=O) groups excluding carboxylic acids is 2. The first-order valence-electron chi connectivity index (χ1n) is 6.78.